The zero-order chi connectivity index (χ0) is 18.2. The fraction of sp³-hybridized carbons (Fsp3) is 0.333. The third kappa shape index (κ3) is 5.34. The van der Waals surface area contributed by atoms with Crippen LogP contribution < -0.4 is 15.4 Å². The Hall–Kier alpha value is -2.82. The van der Waals surface area contributed by atoms with Gasteiger partial charge in [-0.2, -0.15) is 0 Å². The molecule has 3 rings (SSSR count). The maximum absolute atomic E-state index is 12.0. The number of carbonyl (C=O) groups excluding carboxylic acids is 2. The lowest BCUT2D eigenvalue weighted by atomic mass is 9.97. The molecule has 0 radical (unpaired) electrons. The van der Waals surface area contributed by atoms with Crippen LogP contribution in [0.1, 0.15) is 17.5 Å². The predicted molar refractivity (Wildman–Crippen MR) is 99.9 cm³/mol. The van der Waals surface area contributed by atoms with E-state index >= 15 is 0 Å². The van der Waals surface area contributed by atoms with Crippen molar-refractivity contribution in [3.8, 4) is 5.75 Å². The zero-order valence-corrected chi connectivity index (χ0v) is 14.7. The van der Waals surface area contributed by atoms with Gasteiger partial charge in [0.2, 0.25) is 11.8 Å². The third-order valence-electron chi connectivity index (χ3n) is 4.43. The van der Waals surface area contributed by atoms with Gasteiger partial charge in [0, 0.05) is 25.4 Å². The summed E-state index contributed by atoms with van der Waals surface area (Å²) >= 11 is 0. The average molecular weight is 352 g/mol. The van der Waals surface area contributed by atoms with E-state index in [9.17, 15) is 9.59 Å². The summed E-state index contributed by atoms with van der Waals surface area (Å²) in [6.07, 6.45) is 1.52. The van der Waals surface area contributed by atoms with E-state index in [2.05, 4.69) is 16.7 Å². The Morgan fingerprint density at radius 2 is 1.73 bits per heavy atom. The number of nitrogens with one attached hydrogen (secondary N) is 2. The number of rotatable bonds is 7. The number of hydrogen-bond acceptors (Lipinski definition) is 3. The van der Waals surface area contributed by atoms with E-state index in [1.165, 1.54) is 5.56 Å². The summed E-state index contributed by atoms with van der Waals surface area (Å²) in [6, 6.07) is 17.6. The zero-order valence-electron chi connectivity index (χ0n) is 14.7. The molecule has 5 heteroatoms. The lowest BCUT2D eigenvalue weighted by Crippen LogP contribution is -2.36. The van der Waals surface area contributed by atoms with E-state index in [0.717, 1.165) is 17.7 Å². The van der Waals surface area contributed by atoms with Crippen LogP contribution in [-0.2, 0) is 22.4 Å². The number of benzene rings is 2. The molecule has 1 heterocycles. The molecule has 5 nitrogen and oxygen atoms in total. The van der Waals surface area contributed by atoms with Crippen LogP contribution in [0.25, 0.3) is 0 Å². The molecule has 2 aromatic carbocycles. The Labute approximate surface area is 153 Å². The van der Waals surface area contributed by atoms with Gasteiger partial charge in [-0.3, -0.25) is 9.59 Å². The molecule has 1 atom stereocenters. The topological polar surface area (TPSA) is 67.4 Å². The highest BCUT2D eigenvalue weighted by atomic mass is 16.5. The smallest absolute Gasteiger partial charge is 0.224 e. The molecule has 136 valence electrons. The lowest BCUT2D eigenvalue weighted by molar-refractivity contribution is -0.122. The summed E-state index contributed by atoms with van der Waals surface area (Å²) in [7, 11) is 0. The molecule has 1 aliphatic rings. The van der Waals surface area contributed by atoms with Crippen LogP contribution in [0.5, 0.6) is 5.75 Å². The molecule has 1 aliphatic heterocycles. The maximum atomic E-state index is 12.0. The van der Waals surface area contributed by atoms with Crippen molar-refractivity contribution in [2.24, 2.45) is 5.92 Å². The number of fused-ring (bicyclic) bond motifs is 1. The SMILES string of the molecule is O=C(CCNC(=O)Cc1ccccc1)NCC1COc2ccccc2C1. The summed E-state index contributed by atoms with van der Waals surface area (Å²) in [5, 5.41) is 5.72. The molecule has 0 fully saturated rings. The molecule has 0 saturated carbocycles. The number of hydrogen-bond donors (Lipinski definition) is 2. The summed E-state index contributed by atoms with van der Waals surface area (Å²) < 4.78 is 5.73. The third-order valence-corrected chi connectivity index (χ3v) is 4.43. The number of amides is 2. The normalized spacial score (nSPS) is 15.5. The maximum Gasteiger partial charge on any atom is 0.224 e. The van der Waals surface area contributed by atoms with Gasteiger partial charge in [-0.15, -0.1) is 0 Å². The van der Waals surface area contributed by atoms with Gasteiger partial charge < -0.3 is 15.4 Å². The van der Waals surface area contributed by atoms with Crippen molar-refractivity contribution >= 4 is 11.8 Å². The van der Waals surface area contributed by atoms with Crippen molar-refractivity contribution in [2.45, 2.75) is 19.3 Å². The Bertz CT molecular complexity index is 746. The first-order valence-electron chi connectivity index (χ1n) is 8.99. The minimum atomic E-state index is -0.0683. The van der Waals surface area contributed by atoms with Gasteiger partial charge in [0.05, 0.1) is 13.0 Å². The van der Waals surface area contributed by atoms with Gasteiger partial charge in [-0.05, 0) is 23.6 Å². The van der Waals surface area contributed by atoms with Crippen LogP contribution in [0.15, 0.2) is 54.6 Å². The van der Waals surface area contributed by atoms with Crippen molar-refractivity contribution < 1.29 is 14.3 Å². The van der Waals surface area contributed by atoms with E-state index in [4.69, 9.17) is 4.74 Å². The first-order chi connectivity index (χ1) is 12.7. The molecule has 0 aromatic heterocycles. The molecular formula is C21H24N2O3. The molecule has 26 heavy (non-hydrogen) atoms. The van der Waals surface area contributed by atoms with Gasteiger partial charge in [0.15, 0.2) is 0 Å². The van der Waals surface area contributed by atoms with Crippen LogP contribution in [0.3, 0.4) is 0 Å². The van der Waals surface area contributed by atoms with Gasteiger partial charge in [-0.1, -0.05) is 48.5 Å². The molecule has 0 spiro atoms. The van der Waals surface area contributed by atoms with Gasteiger partial charge in [0.25, 0.3) is 0 Å². The summed E-state index contributed by atoms with van der Waals surface area (Å²) in [5.41, 5.74) is 2.15. The second-order valence-electron chi connectivity index (χ2n) is 6.56. The Kier molecular flexibility index (Phi) is 6.25. The van der Waals surface area contributed by atoms with Crippen molar-refractivity contribution in [3.05, 3.63) is 65.7 Å². The molecule has 0 saturated heterocycles. The van der Waals surface area contributed by atoms with Gasteiger partial charge >= 0.3 is 0 Å². The van der Waals surface area contributed by atoms with Crippen molar-refractivity contribution in [1.29, 1.82) is 0 Å². The molecule has 0 bridgehead atoms. The van der Waals surface area contributed by atoms with Gasteiger partial charge in [0.1, 0.15) is 5.75 Å². The molecule has 2 amide bonds. The largest absolute Gasteiger partial charge is 0.493 e. The number of ether oxygens (including phenoxy) is 1. The minimum Gasteiger partial charge on any atom is -0.493 e. The molecule has 2 aromatic rings. The Balaban J connectivity index is 1.32. The Morgan fingerprint density at radius 1 is 0.962 bits per heavy atom. The highest BCUT2D eigenvalue weighted by Crippen LogP contribution is 2.26. The second-order valence-corrected chi connectivity index (χ2v) is 6.56. The molecule has 2 N–H and O–H groups in total. The van der Waals surface area contributed by atoms with Crippen LogP contribution in [0.2, 0.25) is 0 Å². The average Bonchev–Trinajstić information content (AvgIpc) is 2.67. The highest BCUT2D eigenvalue weighted by molar-refractivity contribution is 5.80. The monoisotopic (exact) mass is 352 g/mol. The van der Waals surface area contributed by atoms with E-state index in [1.807, 2.05) is 48.5 Å². The predicted octanol–water partition coefficient (Wildman–Crippen LogP) is 2.10. The summed E-state index contributed by atoms with van der Waals surface area (Å²) in [4.78, 5) is 23.8. The van der Waals surface area contributed by atoms with E-state index in [1.54, 1.807) is 0 Å². The van der Waals surface area contributed by atoms with E-state index in [0.29, 0.717) is 26.1 Å². The first-order valence-corrected chi connectivity index (χ1v) is 8.99. The lowest BCUT2D eigenvalue weighted by Gasteiger charge is -2.25. The fourth-order valence-electron chi connectivity index (χ4n) is 3.03. The fourth-order valence-corrected chi connectivity index (χ4v) is 3.03. The number of carbonyl (C=O) groups is 2. The first kappa shape index (κ1) is 18.0. The molecule has 1 unspecified atom stereocenters. The summed E-state index contributed by atoms with van der Waals surface area (Å²) in [6.45, 7) is 1.55. The highest BCUT2D eigenvalue weighted by Gasteiger charge is 2.19. The van der Waals surface area contributed by atoms with Crippen LogP contribution in [-0.4, -0.2) is 31.5 Å². The summed E-state index contributed by atoms with van der Waals surface area (Å²) in [5.74, 6) is 1.10. The van der Waals surface area contributed by atoms with Gasteiger partial charge in [-0.25, -0.2) is 0 Å². The number of para-hydroxylation sites is 1. The Morgan fingerprint density at radius 3 is 2.58 bits per heavy atom. The molecule has 0 aliphatic carbocycles. The van der Waals surface area contributed by atoms with Crippen LogP contribution in [0, 0.1) is 5.92 Å². The second kappa shape index (κ2) is 9.04. The van der Waals surface area contributed by atoms with Crippen molar-refractivity contribution in [2.75, 3.05) is 19.7 Å². The van der Waals surface area contributed by atoms with Crippen LogP contribution in [0.4, 0.5) is 0 Å². The van der Waals surface area contributed by atoms with Crippen molar-refractivity contribution in [1.82, 2.24) is 10.6 Å². The molecular weight excluding hydrogens is 328 g/mol. The minimum absolute atomic E-state index is 0.0520. The van der Waals surface area contributed by atoms with E-state index < -0.39 is 0 Å². The standard InChI is InChI=1S/C21H24N2O3/c24-20(10-11-22-21(25)13-16-6-2-1-3-7-16)23-14-17-12-18-8-4-5-9-19(18)26-15-17/h1-9,17H,10-15H2,(H,22,25)(H,23,24). The van der Waals surface area contributed by atoms with E-state index in [-0.39, 0.29) is 24.2 Å². The quantitative estimate of drug-likeness (QED) is 0.802. The van der Waals surface area contributed by atoms with Crippen molar-refractivity contribution in [3.63, 3.8) is 0 Å². The van der Waals surface area contributed by atoms with Crippen LogP contribution >= 0.6 is 0 Å².